The summed E-state index contributed by atoms with van der Waals surface area (Å²) in [5, 5.41) is 2.79. The van der Waals surface area contributed by atoms with Crippen molar-refractivity contribution >= 4 is 23.0 Å². The Kier molecular flexibility index (Phi) is 3.69. The monoisotopic (exact) mass is 276 g/mol. The van der Waals surface area contributed by atoms with E-state index in [4.69, 9.17) is 16.2 Å². The molecule has 0 spiro atoms. The number of pyridine rings is 1. The van der Waals surface area contributed by atoms with Crippen molar-refractivity contribution in [3.8, 4) is 5.88 Å². The number of nitrogen functional groups attached to an aromatic ring is 1. The molecule has 0 unspecified atom stereocenters. The van der Waals surface area contributed by atoms with Gasteiger partial charge in [0.05, 0.1) is 30.2 Å². The first-order valence-electron chi connectivity index (χ1n) is 5.67. The fourth-order valence-corrected chi connectivity index (χ4v) is 1.63. The molecule has 0 atom stereocenters. The summed E-state index contributed by atoms with van der Waals surface area (Å²) in [7, 11) is 1.49. The second-order valence-corrected chi connectivity index (χ2v) is 4.00. The van der Waals surface area contributed by atoms with E-state index in [1.807, 2.05) is 0 Å². The van der Waals surface area contributed by atoms with E-state index in [0.717, 1.165) is 6.07 Å². The van der Waals surface area contributed by atoms with Crippen LogP contribution in [0.3, 0.4) is 0 Å². The third-order valence-electron chi connectivity index (χ3n) is 2.63. The average molecular weight is 276 g/mol. The predicted molar refractivity (Wildman–Crippen MR) is 73.4 cm³/mol. The maximum absolute atomic E-state index is 13.8. The number of hydrogen-bond donors (Lipinski definition) is 3. The first-order chi connectivity index (χ1) is 9.51. The average Bonchev–Trinajstić information content (AvgIpc) is 2.42. The number of halogens is 1. The van der Waals surface area contributed by atoms with Crippen LogP contribution in [-0.4, -0.2) is 18.0 Å². The topological polar surface area (TPSA) is 103 Å². The summed E-state index contributed by atoms with van der Waals surface area (Å²) < 4.78 is 18.7. The van der Waals surface area contributed by atoms with E-state index in [-0.39, 0.29) is 16.9 Å². The minimum Gasteiger partial charge on any atom is -0.481 e. The maximum Gasteiger partial charge on any atom is 0.250 e. The van der Waals surface area contributed by atoms with Crippen LogP contribution in [0.25, 0.3) is 0 Å². The summed E-state index contributed by atoms with van der Waals surface area (Å²) in [5.74, 6) is -0.882. The van der Waals surface area contributed by atoms with Gasteiger partial charge in [0.2, 0.25) is 5.88 Å². The molecule has 0 aliphatic carbocycles. The van der Waals surface area contributed by atoms with Crippen molar-refractivity contribution in [2.75, 3.05) is 18.2 Å². The lowest BCUT2D eigenvalue weighted by molar-refractivity contribution is 0.100. The number of methoxy groups -OCH3 is 1. The van der Waals surface area contributed by atoms with E-state index >= 15 is 0 Å². The first-order valence-corrected chi connectivity index (χ1v) is 5.67. The van der Waals surface area contributed by atoms with Crippen molar-refractivity contribution in [1.82, 2.24) is 4.98 Å². The number of amides is 1. The lowest BCUT2D eigenvalue weighted by atomic mass is 10.1. The maximum atomic E-state index is 13.8. The van der Waals surface area contributed by atoms with Gasteiger partial charge in [0.1, 0.15) is 5.82 Å². The van der Waals surface area contributed by atoms with Crippen molar-refractivity contribution in [3.63, 3.8) is 0 Å². The number of rotatable bonds is 4. The molecule has 0 aliphatic rings. The van der Waals surface area contributed by atoms with Crippen LogP contribution in [-0.2, 0) is 0 Å². The smallest absolute Gasteiger partial charge is 0.250 e. The molecule has 7 heteroatoms. The molecular formula is C13H13FN4O2. The molecular weight excluding hydrogens is 263 g/mol. The first kappa shape index (κ1) is 13.6. The van der Waals surface area contributed by atoms with E-state index in [2.05, 4.69) is 10.3 Å². The highest BCUT2D eigenvalue weighted by Crippen LogP contribution is 2.25. The number of anilines is 3. The quantitative estimate of drug-likeness (QED) is 0.737. The summed E-state index contributed by atoms with van der Waals surface area (Å²) >= 11 is 0. The number of nitrogens with two attached hydrogens (primary N) is 2. The SMILES string of the molecule is COc1ccc(Nc2cc(C(N)=O)c(N)cc2F)cn1. The fraction of sp³-hybridized carbons (Fsp3) is 0.0769. The van der Waals surface area contributed by atoms with Gasteiger partial charge in [-0.2, -0.15) is 0 Å². The number of aromatic nitrogens is 1. The predicted octanol–water partition coefficient (Wildman–Crippen LogP) is 1.65. The zero-order chi connectivity index (χ0) is 14.7. The Bertz CT molecular complexity index is 644. The zero-order valence-electron chi connectivity index (χ0n) is 10.7. The summed E-state index contributed by atoms with van der Waals surface area (Å²) in [6.07, 6.45) is 1.47. The second-order valence-electron chi connectivity index (χ2n) is 4.00. The molecule has 0 fully saturated rings. The number of carbonyl (C=O) groups is 1. The molecule has 1 aromatic carbocycles. The summed E-state index contributed by atoms with van der Waals surface area (Å²) in [4.78, 5) is 15.2. The minimum absolute atomic E-state index is 0.00611. The van der Waals surface area contributed by atoms with Crippen LogP contribution in [0.2, 0.25) is 0 Å². The Morgan fingerprint density at radius 2 is 2.15 bits per heavy atom. The van der Waals surface area contributed by atoms with Gasteiger partial charge in [0, 0.05) is 11.8 Å². The van der Waals surface area contributed by atoms with Gasteiger partial charge in [-0.1, -0.05) is 0 Å². The number of carbonyl (C=O) groups excluding carboxylic acids is 1. The van der Waals surface area contributed by atoms with Crippen LogP contribution in [0, 0.1) is 5.82 Å². The van der Waals surface area contributed by atoms with Crippen LogP contribution in [0.15, 0.2) is 30.5 Å². The highest BCUT2D eigenvalue weighted by Gasteiger charge is 2.12. The standard InChI is InChI=1S/C13H13FN4O2/c1-20-12-3-2-7(6-17-12)18-11-4-8(13(16)19)10(15)5-9(11)14/h2-6,18H,15H2,1H3,(H2,16,19). The largest absolute Gasteiger partial charge is 0.481 e. The molecule has 1 heterocycles. The molecule has 0 aliphatic heterocycles. The minimum atomic E-state index is -0.724. The van der Waals surface area contributed by atoms with Gasteiger partial charge in [0.15, 0.2) is 0 Å². The molecule has 6 nitrogen and oxygen atoms in total. The summed E-state index contributed by atoms with van der Waals surface area (Å²) in [6.45, 7) is 0. The Hall–Kier alpha value is -2.83. The van der Waals surface area contributed by atoms with Crippen LogP contribution < -0.4 is 21.5 Å². The Morgan fingerprint density at radius 3 is 2.70 bits per heavy atom. The molecule has 2 rings (SSSR count). The Balaban J connectivity index is 2.32. The molecule has 0 saturated carbocycles. The Labute approximate surface area is 114 Å². The van der Waals surface area contributed by atoms with Crippen molar-refractivity contribution < 1.29 is 13.9 Å². The number of nitrogens with zero attached hydrogens (tertiary/aromatic N) is 1. The molecule has 104 valence electrons. The highest BCUT2D eigenvalue weighted by atomic mass is 19.1. The van der Waals surface area contributed by atoms with E-state index in [1.165, 1.54) is 19.4 Å². The fourth-order valence-electron chi connectivity index (χ4n) is 1.63. The lowest BCUT2D eigenvalue weighted by Crippen LogP contribution is -2.14. The van der Waals surface area contributed by atoms with Crippen LogP contribution in [0.5, 0.6) is 5.88 Å². The molecule has 0 saturated heterocycles. The van der Waals surface area contributed by atoms with Crippen LogP contribution >= 0.6 is 0 Å². The highest BCUT2D eigenvalue weighted by molar-refractivity contribution is 5.99. The van der Waals surface area contributed by atoms with Crippen LogP contribution in [0.4, 0.5) is 21.5 Å². The molecule has 0 bridgehead atoms. The third kappa shape index (κ3) is 2.77. The summed E-state index contributed by atoms with van der Waals surface area (Å²) in [5.41, 5.74) is 11.4. The van der Waals surface area contributed by atoms with E-state index in [0.29, 0.717) is 11.6 Å². The number of benzene rings is 1. The Morgan fingerprint density at radius 1 is 1.40 bits per heavy atom. The van der Waals surface area contributed by atoms with E-state index < -0.39 is 11.7 Å². The van der Waals surface area contributed by atoms with Crippen LogP contribution in [0.1, 0.15) is 10.4 Å². The van der Waals surface area contributed by atoms with Gasteiger partial charge in [-0.15, -0.1) is 0 Å². The van der Waals surface area contributed by atoms with Gasteiger partial charge in [-0.05, 0) is 18.2 Å². The van der Waals surface area contributed by atoms with Gasteiger partial charge in [-0.3, -0.25) is 4.79 Å². The van der Waals surface area contributed by atoms with Gasteiger partial charge < -0.3 is 21.5 Å². The van der Waals surface area contributed by atoms with E-state index in [9.17, 15) is 9.18 Å². The molecule has 0 radical (unpaired) electrons. The normalized spacial score (nSPS) is 10.1. The number of nitrogens with one attached hydrogen (secondary N) is 1. The third-order valence-corrected chi connectivity index (χ3v) is 2.63. The summed E-state index contributed by atoms with van der Waals surface area (Å²) in [6, 6.07) is 5.58. The zero-order valence-corrected chi connectivity index (χ0v) is 10.7. The molecule has 2 aromatic rings. The second kappa shape index (κ2) is 5.43. The van der Waals surface area contributed by atoms with E-state index in [1.54, 1.807) is 12.1 Å². The molecule has 1 aromatic heterocycles. The number of ether oxygens (including phenoxy) is 1. The number of primary amides is 1. The van der Waals surface area contributed by atoms with Crippen molar-refractivity contribution in [3.05, 3.63) is 41.8 Å². The van der Waals surface area contributed by atoms with Crippen molar-refractivity contribution in [1.29, 1.82) is 0 Å². The van der Waals surface area contributed by atoms with Crippen molar-refractivity contribution in [2.45, 2.75) is 0 Å². The molecule has 20 heavy (non-hydrogen) atoms. The lowest BCUT2D eigenvalue weighted by Gasteiger charge is -2.10. The van der Waals surface area contributed by atoms with Gasteiger partial charge in [-0.25, -0.2) is 9.37 Å². The molecule has 5 N–H and O–H groups in total. The van der Waals surface area contributed by atoms with Crippen molar-refractivity contribution in [2.24, 2.45) is 5.73 Å². The number of hydrogen-bond acceptors (Lipinski definition) is 5. The van der Waals surface area contributed by atoms with Gasteiger partial charge >= 0.3 is 0 Å². The van der Waals surface area contributed by atoms with Gasteiger partial charge in [0.25, 0.3) is 5.91 Å². The molecule has 1 amide bonds.